The van der Waals surface area contributed by atoms with E-state index in [1.54, 1.807) is 19.1 Å². The normalized spacial score (nSPS) is 25.0. The molecule has 0 aromatic heterocycles. The number of hydrogen-bond acceptors (Lipinski definition) is 4. The summed E-state index contributed by atoms with van der Waals surface area (Å²) in [6.07, 6.45) is 2.12. The Bertz CT molecular complexity index is 803. The summed E-state index contributed by atoms with van der Waals surface area (Å²) in [5, 5.41) is 3.17. The number of anilines is 1. The fraction of sp³-hybridized carbons (Fsp3) is 0.409. The summed E-state index contributed by atoms with van der Waals surface area (Å²) in [5.41, 5.74) is 1.95. The summed E-state index contributed by atoms with van der Waals surface area (Å²) in [4.78, 5) is 15.4. The fourth-order valence-electron chi connectivity index (χ4n) is 4.03. The Kier molecular flexibility index (Phi) is 5.12. The lowest BCUT2D eigenvalue weighted by Crippen LogP contribution is -2.52. The quantitative estimate of drug-likeness (QED) is 0.812. The SMILES string of the molecule is Cc1ccc(N[C@@H](C(=O)OC2CN3CCC2CC3)c2ccccc2)cc1F. The number of ether oxygens (including phenoxy) is 1. The molecule has 2 aromatic rings. The molecule has 2 atom stereocenters. The van der Waals surface area contributed by atoms with Crippen LogP contribution in [0, 0.1) is 18.7 Å². The molecule has 0 spiro atoms. The zero-order valence-electron chi connectivity index (χ0n) is 15.5. The van der Waals surface area contributed by atoms with Gasteiger partial charge in [0.2, 0.25) is 0 Å². The number of benzene rings is 2. The molecule has 4 nitrogen and oxygen atoms in total. The lowest BCUT2D eigenvalue weighted by atomic mass is 9.86. The van der Waals surface area contributed by atoms with Gasteiger partial charge in [-0.25, -0.2) is 9.18 Å². The van der Waals surface area contributed by atoms with Crippen LogP contribution in [0.5, 0.6) is 0 Å². The Morgan fingerprint density at radius 2 is 1.93 bits per heavy atom. The van der Waals surface area contributed by atoms with E-state index >= 15 is 0 Å². The van der Waals surface area contributed by atoms with Crippen molar-refractivity contribution in [3.05, 3.63) is 65.5 Å². The van der Waals surface area contributed by atoms with Gasteiger partial charge < -0.3 is 10.1 Å². The van der Waals surface area contributed by atoms with Crippen LogP contribution in [0.1, 0.15) is 30.0 Å². The molecule has 3 saturated heterocycles. The molecule has 27 heavy (non-hydrogen) atoms. The van der Waals surface area contributed by atoms with Gasteiger partial charge in [-0.15, -0.1) is 0 Å². The zero-order valence-corrected chi connectivity index (χ0v) is 15.5. The summed E-state index contributed by atoms with van der Waals surface area (Å²) >= 11 is 0. The maximum Gasteiger partial charge on any atom is 0.333 e. The number of hydrogen-bond donors (Lipinski definition) is 1. The summed E-state index contributed by atoms with van der Waals surface area (Å²) in [5.74, 6) is -0.148. The maximum atomic E-state index is 13.9. The van der Waals surface area contributed by atoms with Gasteiger partial charge in [-0.05, 0) is 62.0 Å². The molecule has 1 unspecified atom stereocenters. The van der Waals surface area contributed by atoms with Crippen molar-refractivity contribution in [2.75, 3.05) is 25.0 Å². The molecule has 0 radical (unpaired) electrons. The number of nitrogens with zero attached hydrogens (tertiary/aromatic N) is 1. The second-order valence-electron chi connectivity index (χ2n) is 7.57. The van der Waals surface area contributed by atoms with Crippen LogP contribution in [0.15, 0.2) is 48.5 Å². The Morgan fingerprint density at radius 3 is 2.56 bits per heavy atom. The Morgan fingerprint density at radius 1 is 1.19 bits per heavy atom. The molecule has 5 heteroatoms. The highest BCUT2D eigenvalue weighted by Crippen LogP contribution is 2.31. The van der Waals surface area contributed by atoms with Crippen LogP contribution in [0.25, 0.3) is 0 Å². The molecule has 3 fully saturated rings. The zero-order chi connectivity index (χ0) is 18.8. The average Bonchev–Trinajstić information content (AvgIpc) is 2.70. The predicted molar refractivity (Wildman–Crippen MR) is 103 cm³/mol. The van der Waals surface area contributed by atoms with Crippen molar-refractivity contribution in [3.8, 4) is 0 Å². The molecule has 5 rings (SSSR count). The third-order valence-electron chi connectivity index (χ3n) is 5.72. The highest BCUT2D eigenvalue weighted by Gasteiger charge is 2.37. The standard InChI is InChI=1S/C22H25FN2O2/c1-15-7-8-18(13-19(15)23)24-21(17-5-3-2-4-6-17)22(26)27-20-14-25-11-9-16(20)10-12-25/h2-8,13,16,20-21,24H,9-12,14H2,1H3/t20?,21-/m1/s1. The van der Waals surface area contributed by atoms with Gasteiger partial charge in [-0.3, -0.25) is 4.90 Å². The van der Waals surface area contributed by atoms with Crippen LogP contribution in [0.4, 0.5) is 10.1 Å². The van der Waals surface area contributed by atoms with E-state index < -0.39 is 6.04 Å². The van der Waals surface area contributed by atoms with Crippen LogP contribution in [-0.2, 0) is 9.53 Å². The van der Waals surface area contributed by atoms with Crippen molar-refractivity contribution >= 4 is 11.7 Å². The number of esters is 1. The lowest BCUT2D eigenvalue weighted by Gasteiger charge is -2.44. The number of nitrogens with one attached hydrogen (secondary N) is 1. The van der Waals surface area contributed by atoms with Gasteiger partial charge in [0.1, 0.15) is 11.9 Å². The molecule has 2 bridgehead atoms. The van der Waals surface area contributed by atoms with Gasteiger partial charge in [0.05, 0.1) is 0 Å². The smallest absolute Gasteiger partial charge is 0.333 e. The first-order valence-electron chi connectivity index (χ1n) is 9.60. The van der Waals surface area contributed by atoms with E-state index in [-0.39, 0.29) is 17.9 Å². The monoisotopic (exact) mass is 368 g/mol. The predicted octanol–water partition coefficient (Wildman–Crippen LogP) is 3.92. The number of piperidine rings is 3. The topological polar surface area (TPSA) is 41.6 Å². The van der Waals surface area contributed by atoms with E-state index in [0.717, 1.165) is 38.0 Å². The second kappa shape index (κ2) is 7.69. The molecule has 3 aliphatic heterocycles. The van der Waals surface area contributed by atoms with E-state index in [4.69, 9.17) is 4.74 Å². The van der Waals surface area contributed by atoms with Crippen molar-refractivity contribution in [3.63, 3.8) is 0 Å². The maximum absolute atomic E-state index is 13.9. The van der Waals surface area contributed by atoms with Gasteiger partial charge >= 0.3 is 5.97 Å². The fourth-order valence-corrected chi connectivity index (χ4v) is 4.03. The Hall–Kier alpha value is -2.40. The Balaban J connectivity index is 1.54. The molecule has 3 aliphatic rings. The summed E-state index contributed by atoms with van der Waals surface area (Å²) in [6, 6.07) is 13.7. The average molecular weight is 368 g/mol. The van der Waals surface area contributed by atoms with E-state index in [0.29, 0.717) is 17.2 Å². The van der Waals surface area contributed by atoms with E-state index in [2.05, 4.69) is 10.2 Å². The Labute approximate surface area is 159 Å². The van der Waals surface area contributed by atoms with E-state index in [9.17, 15) is 9.18 Å². The minimum absolute atomic E-state index is 0.0530. The first kappa shape index (κ1) is 18.0. The largest absolute Gasteiger partial charge is 0.459 e. The number of rotatable bonds is 5. The molecule has 1 N–H and O–H groups in total. The first-order chi connectivity index (χ1) is 13.1. The number of halogens is 1. The molecule has 142 valence electrons. The number of carbonyl (C=O) groups is 1. The van der Waals surface area contributed by atoms with Crippen molar-refractivity contribution in [2.45, 2.75) is 31.9 Å². The van der Waals surface area contributed by atoms with Gasteiger partial charge in [0, 0.05) is 12.2 Å². The molecular formula is C22H25FN2O2. The summed E-state index contributed by atoms with van der Waals surface area (Å²) in [6.45, 7) is 4.73. The molecule has 3 heterocycles. The minimum Gasteiger partial charge on any atom is -0.459 e. The van der Waals surface area contributed by atoms with Gasteiger partial charge in [0.15, 0.2) is 6.04 Å². The van der Waals surface area contributed by atoms with Crippen LogP contribution in [-0.4, -0.2) is 36.6 Å². The van der Waals surface area contributed by atoms with E-state index in [1.165, 1.54) is 6.07 Å². The third kappa shape index (κ3) is 3.98. The van der Waals surface area contributed by atoms with Crippen LogP contribution < -0.4 is 5.32 Å². The van der Waals surface area contributed by atoms with Crippen LogP contribution in [0.2, 0.25) is 0 Å². The van der Waals surface area contributed by atoms with Crippen molar-refractivity contribution < 1.29 is 13.9 Å². The second-order valence-corrected chi connectivity index (χ2v) is 7.57. The van der Waals surface area contributed by atoms with Gasteiger partial charge in [-0.1, -0.05) is 36.4 Å². The third-order valence-corrected chi connectivity index (χ3v) is 5.72. The highest BCUT2D eigenvalue weighted by molar-refractivity contribution is 5.81. The molecular weight excluding hydrogens is 343 g/mol. The van der Waals surface area contributed by atoms with Crippen LogP contribution >= 0.6 is 0 Å². The van der Waals surface area contributed by atoms with Crippen LogP contribution in [0.3, 0.4) is 0 Å². The molecule has 0 aliphatic carbocycles. The van der Waals surface area contributed by atoms with Crippen molar-refractivity contribution in [2.24, 2.45) is 5.92 Å². The van der Waals surface area contributed by atoms with E-state index in [1.807, 2.05) is 30.3 Å². The van der Waals surface area contributed by atoms with Gasteiger partial charge in [-0.2, -0.15) is 0 Å². The summed E-state index contributed by atoms with van der Waals surface area (Å²) in [7, 11) is 0. The number of aryl methyl sites for hydroxylation is 1. The molecule has 0 saturated carbocycles. The van der Waals surface area contributed by atoms with Crippen molar-refractivity contribution in [1.29, 1.82) is 0 Å². The lowest BCUT2D eigenvalue weighted by molar-refractivity contribution is -0.159. The highest BCUT2D eigenvalue weighted by atomic mass is 19.1. The number of fused-ring (bicyclic) bond motifs is 3. The summed E-state index contributed by atoms with van der Waals surface area (Å²) < 4.78 is 19.9. The van der Waals surface area contributed by atoms with Gasteiger partial charge in [0.25, 0.3) is 0 Å². The number of carbonyl (C=O) groups excluding carboxylic acids is 1. The first-order valence-corrected chi connectivity index (χ1v) is 9.60. The molecule has 2 aromatic carbocycles. The minimum atomic E-state index is -0.663. The molecule has 0 amide bonds. The van der Waals surface area contributed by atoms with Crippen molar-refractivity contribution in [1.82, 2.24) is 4.90 Å².